The average molecular weight is 316 g/mol. The normalized spacial score (nSPS) is 20.1. The zero-order valence-electron chi connectivity index (χ0n) is 15.2. The van der Waals surface area contributed by atoms with Gasteiger partial charge in [-0.1, -0.05) is 30.3 Å². The topological polar surface area (TPSA) is 42.5 Å². The third-order valence-corrected chi connectivity index (χ3v) is 4.70. The van der Waals surface area contributed by atoms with Crippen molar-refractivity contribution in [2.75, 3.05) is 20.6 Å². The molecule has 0 spiro atoms. The smallest absolute Gasteiger partial charge is 0.400 e. The Hall–Kier alpha value is -1.14. The van der Waals surface area contributed by atoms with Crippen molar-refractivity contribution in [3.8, 4) is 0 Å². The largest absolute Gasteiger partial charge is 0.491 e. The Kier molecular flexibility index (Phi) is 5.68. The molecule has 0 amide bonds. The number of likely N-dealkylation sites (N-methyl/N-ethyl adjacent to an activating group) is 1. The summed E-state index contributed by atoms with van der Waals surface area (Å²) in [6.07, 6.45) is 2.19. The summed E-state index contributed by atoms with van der Waals surface area (Å²) in [4.78, 5) is 0. The van der Waals surface area contributed by atoms with E-state index in [4.69, 9.17) is 9.31 Å². The minimum absolute atomic E-state index is 0.324. The van der Waals surface area contributed by atoms with Crippen LogP contribution in [0, 0.1) is 0 Å². The van der Waals surface area contributed by atoms with Gasteiger partial charge in [0.15, 0.2) is 0 Å². The molecule has 1 aliphatic heterocycles. The van der Waals surface area contributed by atoms with E-state index >= 15 is 0 Å². The molecule has 1 aromatic rings. The molecule has 1 fully saturated rings. The molecule has 0 aliphatic carbocycles. The Labute approximate surface area is 140 Å². The summed E-state index contributed by atoms with van der Waals surface area (Å²) in [7, 11) is 3.58. The first-order valence-electron chi connectivity index (χ1n) is 8.24. The second-order valence-electron chi connectivity index (χ2n) is 7.07. The fourth-order valence-corrected chi connectivity index (χ4v) is 2.63. The average Bonchev–Trinajstić information content (AvgIpc) is 2.69. The van der Waals surface area contributed by atoms with Crippen LogP contribution in [0.3, 0.4) is 0 Å². The lowest BCUT2D eigenvalue weighted by molar-refractivity contribution is 0.00578. The molecule has 4 nitrogen and oxygen atoms in total. The maximum Gasteiger partial charge on any atom is 0.491 e. The summed E-state index contributed by atoms with van der Waals surface area (Å²) in [6.45, 7) is 9.89. The van der Waals surface area contributed by atoms with Gasteiger partial charge in [-0.05, 0) is 58.4 Å². The second kappa shape index (κ2) is 7.18. The van der Waals surface area contributed by atoms with Crippen molar-refractivity contribution in [3.63, 3.8) is 0 Å². The highest BCUT2D eigenvalue weighted by Crippen LogP contribution is 2.38. The Bertz CT molecular complexity index is 554. The molecule has 1 aliphatic rings. The van der Waals surface area contributed by atoms with Crippen LogP contribution in [0.4, 0.5) is 0 Å². The van der Waals surface area contributed by atoms with Gasteiger partial charge in [-0.25, -0.2) is 0 Å². The van der Waals surface area contributed by atoms with Crippen LogP contribution in [-0.2, 0) is 15.9 Å². The number of hydrogen-bond acceptors (Lipinski definition) is 4. The standard InChI is InChI=1S/C18H29BN2O2/c1-17(2)18(3,4)23-19(22-17)16(13-21-6)11-14-9-7-8-10-15(14)12-20-5/h7-11,20-21H,12-13H2,1-6H3. The van der Waals surface area contributed by atoms with Crippen LogP contribution in [0.25, 0.3) is 6.08 Å². The monoisotopic (exact) mass is 316 g/mol. The van der Waals surface area contributed by atoms with Crippen LogP contribution < -0.4 is 10.6 Å². The van der Waals surface area contributed by atoms with Gasteiger partial charge >= 0.3 is 7.12 Å². The highest BCUT2D eigenvalue weighted by atomic mass is 16.7. The van der Waals surface area contributed by atoms with E-state index in [0.717, 1.165) is 18.6 Å². The highest BCUT2D eigenvalue weighted by Gasteiger charge is 2.52. The van der Waals surface area contributed by atoms with Crippen molar-refractivity contribution < 1.29 is 9.31 Å². The van der Waals surface area contributed by atoms with Crippen LogP contribution in [-0.4, -0.2) is 39.0 Å². The van der Waals surface area contributed by atoms with Crippen LogP contribution in [0.5, 0.6) is 0 Å². The summed E-state index contributed by atoms with van der Waals surface area (Å²) >= 11 is 0. The zero-order valence-corrected chi connectivity index (χ0v) is 15.2. The Morgan fingerprint density at radius 2 is 1.65 bits per heavy atom. The summed E-state index contributed by atoms with van der Waals surface area (Å²) in [5.41, 5.74) is 2.92. The molecule has 126 valence electrons. The molecule has 0 atom stereocenters. The van der Waals surface area contributed by atoms with E-state index in [0.29, 0.717) is 0 Å². The Morgan fingerprint density at radius 3 is 2.22 bits per heavy atom. The van der Waals surface area contributed by atoms with Crippen molar-refractivity contribution in [2.24, 2.45) is 0 Å². The second-order valence-corrected chi connectivity index (χ2v) is 7.07. The van der Waals surface area contributed by atoms with Crippen molar-refractivity contribution >= 4 is 13.2 Å². The number of benzene rings is 1. The molecule has 1 heterocycles. The molecule has 23 heavy (non-hydrogen) atoms. The van der Waals surface area contributed by atoms with E-state index in [9.17, 15) is 0 Å². The van der Waals surface area contributed by atoms with E-state index in [-0.39, 0.29) is 18.3 Å². The molecule has 0 radical (unpaired) electrons. The lowest BCUT2D eigenvalue weighted by Gasteiger charge is -2.32. The number of rotatable bonds is 6. The van der Waals surface area contributed by atoms with E-state index in [1.54, 1.807) is 0 Å². The molecule has 0 aromatic heterocycles. The summed E-state index contributed by atoms with van der Waals surface area (Å²) in [6, 6.07) is 8.40. The van der Waals surface area contributed by atoms with Gasteiger partial charge in [-0.15, -0.1) is 0 Å². The number of nitrogens with one attached hydrogen (secondary N) is 2. The Balaban J connectivity index is 2.33. The first-order chi connectivity index (χ1) is 10.8. The van der Waals surface area contributed by atoms with E-state index < -0.39 is 0 Å². The molecule has 5 heteroatoms. The van der Waals surface area contributed by atoms with Crippen LogP contribution in [0.15, 0.2) is 29.7 Å². The van der Waals surface area contributed by atoms with Gasteiger partial charge in [0, 0.05) is 13.1 Å². The van der Waals surface area contributed by atoms with Gasteiger partial charge in [0.2, 0.25) is 0 Å². The molecule has 0 unspecified atom stereocenters. The van der Waals surface area contributed by atoms with Crippen LogP contribution in [0.2, 0.25) is 0 Å². The quantitative estimate of drug-likeness (QED) is 0.792. The first-order valence-corrected chi connectivity index (χ1v) is 8.24. The molecule has 1 saturated heterocycles. The summed E-state index contributed by atoms with van der Waals surface area (Å²) in [5, 5.41) is 6.45. The van der Waals surface area contributed by atoms with Crippen molar-refractivity contribution in [2.45, 2.75) is 45.4 Å². The van der Waals surface area contributed by atoms with Gasteiger partial charge in [0.25, 0.3) is 0 Å². The van der Waals surface area contributed by atoms with Gasteiger partial charge in [-0.2, -0.15) is 0 Å². The van der Waals surface area contributed by atoms with Gasteiger partial charge in [-0.3, -0.25) is 0 Å². The molecule has 0 saturated carbocycles. The predicted molar refractivity (Wildman–Crippen MR) is 97.2 cm³/mol. The fourth-order valence-electron chi connectivity index (χ4n) is 2.63. The number of hydrogen-bond donors (Lipinski definition) is 2. The summed E-state index contributed by atoms with van der Waals surface area (Å²) in [5.74, 6) is 0. The van der Waals surface area contributed by atoms with Crippen molar-refractivity contribution in [3.05, 3.63) is 40.9 Å². The van der Waals surface area contributed by atoms with Gasteiger partial charge in [0.1, 0.15) is 0 Å². The summed E-state index contributed by atoms with van der Waals surface area (Å²) < 4.78 is 12.4. The maximum atomic E-state index is 6.20. The van der Waals surface area contributed by atoms with E-state index in [1.807, 2.05) is 14.1 Å². The highest BCUT2D eigenvalue weighted by molar-refractivity contribution is 6.55. The molecular weight excluding hydrogens is 287 g/mol. The Morgan fingerprint density at radius 1 is 1.04 bits per heavy atom. The SMILES string of the molecule is CNCC(=Cc1ccccc1CNC)B1OC(C)(C)C(C)(C)O1. The minimum atomic E-state index is -0.324. The lowest BCUT2D eigenvalue weighted by atomic mass is 9.76. The fraction of sp³-hybridized carbons (Fsp3) is 0.556. The molecule has 1 aromatic carbocycles. The van der Waals surface area contributed by atoms with E-state index in [2.05, 4.69) is 68.7 Å². The third-order valence-electron chi connectivity index (χ3n) is 4.70. The molecule has 2 N–H and O–H groups in total. The minimum Gasteiger partial charge on any atom is -0.400 e. The molecule has 0 bridgehead atoms. The molecular formula is C18H29BN2O2. The molecule has 2 rings (SSSR count). The maximum absolute atomic E-state index is 6.20. The van der Waals surface area contributed by atoms with Crippen molar-refractivity contribution in [1.29, 1.82) is 0 Å². The lowest BCUT2D eigenvalue weighted by Crippen LogP contribution is -2.41. The first kappa shape index (κ1) is 18.2. The van der Waals surface area contributed by atoms with E-state index in [1.165, 1.54) is 11.1 Å². The zero-order chi connectivity index (χ0) is 17.1. The third kappa shape index (κ3) is 4.04. The predicted octanol–water partition coefficient (Wildman–Crippen LogP) is 2.64. The van der Waals surface area contributed by atoms with Crippen LogP contribution >= 0.6 is 0 Å². The van der Waals surface area contributed by atoms with Gasteiger partial charge < -0.3 is 19.9 Å². The van der Waals surface area contributed by atoms with Gasteiger partial charge in [0.05, 0.1) is 11.2 Å². The van der Waals surface area contributed by atoms with Crippen LogP contribution in [0.1, 0.15) is 38.8 Å². The van der Waals surface area contributed by atoms with Crippen molar-refractivity contribution in [1.82, 2.24) is 10.6 Å².